The van der Waals surface area contributed by atoms with Crippen LogP contribution in [0.25, 0.3) is 5.57 Å². The molecule has 0 bridgehead atoms. The minimum Gasteiger partial charge on any atom is -0.493 e. The summed E-state index contributed by atoms with van der Waals surface area (Å²) in [5.74, 6) is -0.0228. The van der Waals surface area contributed by atoms with E-state index < -0.39 is 12.1 Å². The van der Waals surface area contributed by atoms with Crippen molar-refractivity contribution in [1.29, 1.82) is 0 Å². The van der Waals surface area contributed by atoms with Crippen molar-refractivity contribution in [1.82, 2.24) is 4.98 Å². The summed E-state index contributed by atoms with van der Waals surface area (Å²) >= 11 is 1.79. The fourth-order valence-corrected chi connectivity index (χ4v) is 5.70. The number of ether oxygens (including phenoxy) is 2. The molecule has 2 aromatic rings. The van der Waals surface area contributed by atoms with Crippen LogP contribution in [0.1, 0.15) is 60.7 Å². The zero-order chi connectivity index (χ0) is 23.2. The monoisotopic (exact) mass is 470 g/mol. The SMILES string of the molecule is CCOC(CC1=CCCc2c(OCCc3nc(N4CCCCC4)sc3C)cccc21)C(=O)O. The van der Waals surface area contributed by atoms with Crippen LogP contribution in [0.3, 0.4) is 0 Å². The van der Waals surface area contributed by atoms with E-state index in [1.165, 1.54) is 29.7 Å². The molecule has 0 spiro atoms. The van der Waals surface area contributed by atoms with Gasteiger partial charge in [0, 0.05) is 43.0 Å². The molecule has 2 heterocycles. The summed E-state index contributed by atoms with van der Waals surface area (Å²) in [7, 11) is 0. The van der Waals surface area contributed by atoms with Gasteiger partial charge in [-0.15, -0.1) is 11.3 Å². The van der Waals surface area contributed by atoms with Crippen LogP contribution in [-0.4, -0.2) is 48.5 Å². The molecule has 178 valence electrons. The van der Waals surface area contributed by atoms with Gasteiger partial charge >= 0.3 is 5.97 Å². The molecule has 7 heteroatoms. The number of thiazole rings is 1. The van der Waals surface area contributed by atoms with E-state index >= 15 is 0 Å². The van der Waals surface area contributed by atoms with Crippen LogP contribution in [0.2, 0.25) is 0 Å². The molecule has 0 saturated carbocycles. The molecular formula is C26H34N2O4S. The van der Waals surface area contributed by atoms with E-state index in [1.807, 2.05) is 19.1 Å². The second kappa shape index (κ2) is 11.2. The molecular weight excluding hydrogens is 436 g/mol. The number of anilines is 1. The number of carbonyl (C=O) groups is 1. The number of carboxylic acid groups (broad SMARTS) is 1. The van der Waals surface area contributed by atoms with Gasteiger partial charge in [-0.1, -0.05) is 18.2 Å². The molecule has 4 rings (SSSR count). The summed E-state index contributed by atoms with van der Waals surface area (Å²) in [4.78, 5) is 20.2. The highest BCUT2D eigenvalue weighted by Gasteiger charge is 2.24. The molecule has 1 aromatic heterocycles. The Balaban J connectivity index is 1.41. The van der Waals surface area contributed by atoms with E-state index in [2.05, 4.69) is 24.0 Å². The van der Waals surface area contributed by atoms with E-state index in [4.69, 9.17) is 14.5 Å². The van der Waals surface area contributed by atoms with E-state index in [-0.39, 0.29) is 0 Å². The molecule has 0 amide bonds. The molecule has 0 radical (unpaired) electrons. The number of benzene rings is 1. The van der Waals surface area contributed by atoms with Crippen LogP contribution >= 0.6 is 11.3 Å². The van der Waals surface area contributed by atoms with E-state index in [9.17, 15) is 9.90 Å². The number of fused-ring (bicyclic) bond motifs is 1. The Morgan fingerprint density at radius 2 is 2.09 bits per heavy atom. The summed E-state index contributed by atoms with van der Waals surface area (Å²) < 4.78 is 11.7. The zero-order valence-corrected chi connectivity index (χ0v) is 20.5. The third kappa shape index (κ3) is 5.76. The largest absolute Gasteiger partial charge is 0.493 e. The van der Waals surface area contributed by atoms with Gasteiger partial charge in [0.1, 0.15) is 5.75 Å². The molecule has 6 nitrogen and oxygen atoms in total. The number of hydrogen-bond acceptors (Lipinski definition) is 6. The van der Waals surface area contributed by atoms with Crippen molar-refractivity contribution in [2.24, 2.45) is 0 Å². The minimum absolute atomic E-state index is 0.372. The smallest absolute Gasteiger partial charge is 0.333 e. The summed E-state index contributed by atoms with van der Waals surface area (Å²) in [6.45, 7) is 7.16. The van der Waals surface area contributed by atoms with Crippen molar-refractivity contribution in [2.45, 2.75) is 64.9 Å². The van der Waals surface area contributed by atoms with Gasteiger partial charge in [0.25, 0.3) is 0 Å². The predicted octanol–water partition coefficient (Wildman–Crippen LogP) is 5.27. The standard InChI is InChI=1S/C26H34N2O4S/c1-3-31-24(25(29)30)17-19-9-7-11-21-20(19)10-8-12-23(21)32-16-13-22-18(2)33-26(27-22)28-14-5-4-6-15-28/h8-10,12,24H,3-7,11,13-17H2,1-2H3,(H,29,30). The maximum Gasteiger partial charge on any atom is 0.333 e. The fraction of sp³-hybridized carbons (Fsp3) is 0.538. The second-order valence-electron chi connectivity index (χ2n) is 8.68. The van der Waals surface area contributed by atoms with Crippen molar-refractivity contribution in [3.8, 4) is 5.75 Å². The Morgan fingerprint density at radius 1 is 1.27 bits per heavy atom. The average molecular weight is 471 g/mol. The van der Waals surface area contributed by atoms with Gasteiger partial charge in [-0.2, -0.15) is 0 Å². The highest BCUT2D eigenvalue weighted by atomic mass is 32.1. The number of piperidine rings is 1. The van der Waals surface area contributed by atoms with Gasteiger partial charge in [-0.05, 0) is 63.2 Å². The maximum absolute atomic E-state index is 11.6. The first kappa shape index (κ1) is 23.8. The van der Waals surface area contributed by atoms with Crippen molar-refractivity contribution in [2.75, 3.05) is 31.2 Å². The summed E-state index contributed by atoms with van der Waals surface area (Å²) in [5, 5.41) is 10.6. The first-order chi connectivity index (χ1) is 16.1. The molecule has 1 atom stereocenters. The van der Waals surface area contributed by atoms with Gasteiger partial charge in [-0.25, -0.2) is 9.78 Å². The average Bonchev–Trinajstić information content (AvgIpc) is 3.20. The number of rotatable bonds is 10. The molecule has 1 unspecified atom stereocenters. The predicted molar refractivity (Wildman–Crippen MR) is 133 cm³/mol. The summed E-state index contributed by atoms with van der Waals surface area (Å²) in [6, 6.07) is 6.08. The minimum atomic E-state index is -0.917. The summed E-state index contributed by atoms with van der Waals surface area (Å²) in [6.07, 6.45) is 8.09. The third-order valence-electron chi connectivity index (χ3n) is 6.42. The maximum atomic E-state index is 11.6. The lowest BCUT2D eigenvalue weighted by atomic mass is 9.87. The van der Waals surface area contributed by atoms with Crippen molar-refractivity contribution in [3.63, 3.8) is 0 Å². The fourth-order valence-electron chi connectivity index (χ4n) is 4.69. The number of hydrogen-bond donors (Lipinski definition) is 1. The Morgan fingerprint density at radius 3 is 2.85 bits per heavy atom. The topological polar surface area (TPSA) is 71.9 Å². The number of carboxylic acids is 1. The van der Waals surface area contributed by atoms with Crippen LogP contribution in [0.4, 0.5) is 5.13 Å². The second-order valence-corrected chi connectivity index (χ2v) is 9.86. The zero-order valence-electron chi connectivity index (χ0n) is 19.6. The number of aliphatic carboxylic acids is 1. The molecule has 2 aliphatic rings. The van der Waals surface area contributed by atoms with Crippen LogP contribution in [-0.2, 0) is 22.4 Å². The number of aryl methyl sites for hydroxylation is 1. The van der Waals surface area contributed by atoms with Crippen LogP contribution in [0.15, 0.2) is 24.3 Å². The van der Waals surface area contributed by atoms with Crippen molar-refractivity contribution in [3.05, 3.63) is 46.0 Å². The molecule has 1 saturated heterocycles. The first-order valence-corrected chi connectivity index (χ1v) is 12.9. The van der Waals surface area contributed by atoms with E-state index in [0.717, 1.165) is 60.1 Å². The lowest BCUT2D eigenvalue weighted by Gasteiger charge is -2.25. The molecule has 1 aliphatic heterocycles. The van der Waals surface area contributed by atoms with Crippen LogP contribution < -0.4 is 9.64 Å². The number of aromatic nitrogens is 1. The van der Waals surface area contributed by atoms with Gasteiger partial charge < -0.3 is 19.5 Å². The van der Waals surface area contributed by atoms with E-state index in [0.29, 0.717) is 19.6 Å². The van der Waals surface area contributed by atoms with Crippen molar-refractivity contribution < 1.29 is 19.4 Å². The molecule has 33 heavy (non-hydrogen) atoms. The highest BCUT2D eigenvalue weighted by Crippen LogP contribution is 2.36. The number of allylic oxidation sites excluding steroid dienone is 1. The first-order valence-electron chi connectivity index (χ1n) is 12.1. The normalized spacial score (nSPS) is 16.8. The Bertz CT molecular complexity index is 994. The quantitative estimate of drug-likeness (QED) is 0.510. The Labute approximate surface area is 200 Å². The summed E-state index contributed by atoms with van der Waals surface area (Å²) in [5.41, 5.74) is 4.41. The van der Waals surface area contributed by atoms with Crippen LogP contribution in [0.5, 0.6) is 5.75 Å². The highest BCUT2D eigenvalue weighted by molar-refractivity contribution is 7.15. The molecule has 1 fully saturated rings. The van der Waals surface area contributed by atoms with Crippen molar-refractivity contribution >= 4 is 28.0 Å². The molecule has 1 aromatic carbocycles. The lowest BCUT2D eigenvalue weighted by molar-refractivity contribution is -0.149. The molecule has 1 aliphatic carbocycles. The van der Waals surface area contributed by atoms with Gasteiger partial charge in [0.2, 0.25) is 0 Å². The van der Waals surface area contributed by atoms with Gasteiger partial charge in [0.15, 0.2) is 11.2 Å². The van der Waals surface area contributed by atoms with E-state index in [1.54, 1.807) is 11.3 Å². The lowest BCUT2D eigenvalue weighted by Crippen LogP contribution is -2.29. The number of nitrogens with zero attached hydrogens (tertiary/aromatic N) is 2. The van der Waals surface area contributed by atoms with Crippen LogP contribution in [0, 0.1) is 6.92 Å². The Kier molecular flexibility index (Phi) is 8.04. The molecule has 1 N–H and O–H groups in total. The third-order valence-corrected chi connectivity index (χ3v) is 7.49. The van der Waals surface area contributed by atoms with Gasteiger partial charge in [-0.3, -0.25) is 0 Å². The Hall–Kier alpha value is -2.38. The van der Waals surface area contributed by atoms with Gasteiger partial charge in [0.05, 0.1) is 12.3 Å².